The maximum Gasteiger partial charge on any atom is 0.231 e. The van der Waals surface area contributed by atoms with E-state index in [4.69, 9.17) is 14.4 Å². The molecule has 186 valence electrons. The SMILES string of the molecule is Cc1nc(-c2cc(C(C)(C)C)c3ccccc3c2)c2c(n1)oc1c3ccc(CC(C)(C)C)cc3ccc12. The van der Waals surface area contributed by atoms with E-state index in [2.05, 4.69) is 108 Å². The molecule has 0 bridgehead atoms. The summed E-state index contributed by atoms with van der Waals surface area (Å²) in [6, 6.07) is 24.3. The van der Waals surface area contributed by atoms with Crippen LogP contribution in [0.25, 0.3) is 54.9 Å². The summed E-state index contributed by atoms with van der Waals surface area (Å²) in [5.41, 5.74) is 6.46. The van der Waals surface area contributed by atoms with E-state index in [-0.39, 0.29) is 10.8 Å². The number of furan rings is 1. The number of hydrogen-bond acceptors (Lipinski definition) is 3. The van der Waals surface area contributed by atoms with Gasteiger partial charge >= 0.3 is 0 Å². The van der Waals surface area contributed by atoms with E-state index in [0.29, 0.717) is 11.5 Å². The minimum Gasteiger partial charge on any atom is -0.437 e. The minimum atomic E-state index is -0.00374. The van der Waals surface area contributed by atoms with Gasteiger partial charge in [-0.25, -0.2) is 4.98 Å². The van der Waals surface area contributed by atoms with Crippen LogP contribution in [0.5, 0.6) is 0 Å². The molecule has 0 radical (unpaired) electrons. The molecule has 0 unspecified atom stereocenters. The molecule has 6 aromatic rings. The van der Waals surface area contributed by atoms with Crippen LogP contribution in [-0.2, 0) is 11.8 Å². The van der Waals surface area contributed by atoms with E-state index in [9.17, 15) is 0 Å². The van der Waals surface area contributed by atoms with Crippen LogP contribution in [0.1, 0.15) is 58.5 Å². The van der Waals surface area contributed by atoms with Gasteiger partial charge in [-0.2, -0.15) is 4.98 Å². The number of fused-ring (bicyclic) bond motifs is 6. The number of aryl methyl sites for hydroxylation is 1. The molecule has 0 saturated heterocycles. The molecule has 0 aliphatic carbocycles. The van der Waals surface area contributed by atoms with Crippen LogP contribution in [0.4, 0.5) is 0 Å². The molecule has 6 rings (SSSR count). The molecule has 0 atom stereocenters. The maximum atomic E-state index is 6.48. The number of benzene rings is 4. The van der Waals surface area contributed by atoms with Crippen molar-refractivity contribution in [2.75, 3.05) is 0 Å². The summed E-state index contributed by atoms with van der Waals surface area (Å²) in [4.78, 5) is 9.71. The van der Waals surface area contributed by atoms with Gasteiger partial charge in [-0.05, 0) is 69.7 Å². The van der Waals surface area contributed by atoms with Crippen molar-refractivity contribution < 1.29 is 4.42 Å². The van der Waals surface area contributed by atoms with Crippen LogP contribution >= 0.6 is 0 Å². The lowest BCUT2D eigenvalue weighted by Gasteiger charge is -2.23. The highest BCUT2D eigenvalue weighted by molar-refractivity contribution is 6.18. The van der Waals surface area contributed by atoms with Crippen molar-refractivity contribution in [1.82, 2.24) is 9.97 Å². The summed E-state index contributed by atoms with van der Waals surface area (Å²) in [5.74, 6) is 0.712. The summed E-state index contributed by atoms with van der Waals surface area (Å²) < 4.78 is 6.48. The van der Waals surface area contributed by atoms with Crippen LogP contribution in [0, 0.1) is 12.3 Å². The average Bonchev–Trinajstić information content (AvgIpc) is 3.19. The van der Waals surface area contributed by atoms with Gasteiger partial charge < -0.3 is 4.42 Å². The Balaban J connectivity index is 1.63. The predicted molar refractivity (Wildman–Crippen MR) is 156 cm³/mol. The van der Waals surface area contributed by atoms with Crippen LogP contribution in [-0.4, -0.2) is 9.97 Å². The maximum absolute atomic E-state index is 6.48. The van der Waals surface area contributed by atoms with Gasteiger partial charge in [-0.15, -0.1) is 0 Å². The summed E-state index contributed by atoms with van der Waals surface area (Å²) >= 11 is 0. The number of nitrogens with zero attached hydrogens (tertiary/aromatic N) is 2. The summed E-state index contributed by atoms with van der Waals surface area (Å²) in [6.07, 6.45) is 1.04. The molecule has 4 aromatic carbocycles. The van der Waals surface area contributed by atoms with Crippen molar-refractivity contribution in [3.63, 3.8) is 0 Å². The van der Waals surface area contributed by atoms with Crippen molar-refractivity contribution in [2.24, 2.45) is 5.41 Å². The Bertz CT molecular complexity index is 1830. The van der Waals surface area contributed by atoms with Gasteiger partial charge in [-0.1, -0.05) is 90.1 Å². The summed E-state index contributed by atoms with van der Waals surface area (Å²) in [6.45, 7) is 15.6. The van der Waals surface area contributed by atoms with Gasteiger partial charge in [0.25, 0.3) is 0 Å². The van der Waals surface area contributed by atoms with Gasteiger partial charge in [0.15, 0.2) is 0 Å². The van der Waals surface area contributed by atoms with Crippen LogP contribution < -0.4 is 0 Å². The van der Waals surface area contributed by atoms with Gasteiger partial charge in [0.2, 0.25) is 5.71 Å². The van der Waals surface area contributed by atoms with Crippen LogP contribution in [0.2, 0.25) is 0 Å². The third kappa shape index (κ3) is 4.17. The molecule has 3 nitrogen and oxygen atoms in total. The molecular weight excluding hydrogens is 452 g/mol. The highest BCUT2D eigenvalue weighted by Gasteiger charge is 2.22. The average molecular weight is 487 g/mol. The molecule has 2 heterocycles. The Kier molecular flexibility index (Phi) is 5.21. The fourth-order valence-electron chi connectivity index (χ4n) is 5.62. The van der Waals surface area contributed by atoms with Crippen molar-refractivity contribution in [2.45, 2.75) is 60.3 Å². The van der Waals surface area contributed by atoms with E-state index in [1.54, 1.807) is 0 Å². The first kappa shape index (κ1) is 23.7. The lowest BCUT2D eigenvalue weighted by atomic mass is 9.82. The molecule has 0 amide bonds. The molecule has 37 heavy (non-hydrogen) atoms. The summed E-state index contributed by atoms with van der Waals surface area (Å²) in [5, 5.41) is 6.86. The molecule has 0 fully saturated rings. The van der Waals surface area contributed by atoms with Crippen molar-refractivity contribution in [1.29, 1.82) is 0 Å². The predicted octanol–water partition coefficient (Wildman–Crippen LogP) is 9.54. The van der Waals surface area contributed by atoms with Crippen molar-refractivity contribution in [3.05, 3.63) is 83.7 Å². The Labute approximate surface area is 218 Å². The highest BCUT2D eigenvalue weighted by atomic mass is 16.3. The molecular formula is C34H34N2O. The minimum absolute atomic E-state index is 0.00374. The molecule has 0 spiro atoms. The largest absolute Gasteiger partial charge is 0.437 e. The second-order valence-electron chi connectivity index (χ2n) is 12.6. The van der Waals surface area contributed by atoms with Crippen molar-refractivity contribution >= 4 is 43.6 Å². The lowest BCUT2D eigenvalue weighted by molar-refractivity contribution is 0.411. The fourth-order valence-corrected chi connectivity index (χ4v) is 5.62. The van der Waals surface area contributed by atoms with E-state index in [1.165, 1.54) is 27.3 Å². The van der Waals surface area contributed by atoms with Gasteiger partial charge in [0.1, 0.15) is 11.4 Å². The molecule has 0 aliphatic rings. The van der Waals surface area contributed by atoms with Gasteiger partial charge in [-0.3, -0.25) is 0 Å². The van der Waals surface area contributed by atoms with Crippen LogP contribution in [0.15, 0.2) is 71.1 Å². The molecule has 0 saturated carbocycles. The third-order valence-corrected chi connectivity index (χ3v) is 7.17. The highest BCUT2D eigenvalue weighted by Crippen LogP contribution is 2.41. The first-order valence-electron chi connectivity index (χ1n) is 13.1. The quantitative estimate of drug-likeness (QED) is 0.245. The number of rotatable bonds is 2. The second-order valence-corrected chi connectivity index (χ2v) is 12.6. The monoisotopic (exact) mass is 486 g/mol. The third-order valence-electron chi connectivity index (χ3n) is 7.17. The molecule has 0 N–H and O–H groups in total. The zero-order valence-electron chi connectivity index (χ0n) is 22.9. The molecule has 2 aromatic heterocycles. The zero-order valence-corrected chi connectivity index (χ0v) is 22.9. The fraction of sp³-hybridized carbons (Fsp3) is 0.294. The number of aromatic nitrogens is 2. The van der Waals surface area contributed by atoms with Gasteiger partial charge in [0.05, 0.1) is 11.1 Å². The lowest BCUT2D eigenvalue weighted by Crippen LogP contribution is -2.12. The summed E-state index contributed by atoms with van der Waals surface area (Å²) in [7, 11) is 0. The topological polar surface area (TPSA) is 38.9 Å². The second kappa shape index (κ2) is 8.14. The molecule has 3 heteroatoms. The van der Waals surface area contributed by atoms with Crippen LogP contribution in [0.3, 0.4) is 0 Å². The smallest absolute Gasteiger partial charge is 0.231 e. The van der Waals surface area contributed by atoms with Gasteiger partial charge in [0, 0.05) is 16.3 Å². The van der Waals surface area contributed by atoms with E-state index in [0.717, 1.165) is 39.4 Å². The first-order valence-corrected chi connectivity index (χ1v) is 13.1. The van der Waals surface area contributed by atoms with E-state index in [1.807, 2.05) is 6.92 Å². The Hall–Kier alpha value is -3.72. The zero-order chi connectivity index (χ0) is 26.1. The number of hydrogen-bond donors (Lipinski definition) is 0. The normalized spacial score (nSPS) is 12.8. The molecule has 0 aliphatic heterocycles. The van der Waals surface area contributed by atoms with E-state index < -0.39 is 0 Å². The first-order chi connectivity index (χ1) is 17.5. The Morgan fingerprint density at radius 1 is 0.730 bits per heavy atom. The standard InChI is InChI=1S/C34H34N2O/c1-20-35-30(24-17-22-10-8-9-11-25(22)28(18-24)34(5,6)7)29-27-15-13-23-16-21(19-33(2,3)4)12-14-26(23)31(27)37-32(29)36-20/h8-18H,19H2,1-7H3. The van der Waals surface area contributed by atoms with E-state index >= 15 is 0 Å². The Morgan fingerprint density at radius 2 is 1.46 bits per heavy atom. The Morgan fingerprint density at radius 3 is 2.22 bits per heavy atom. The van der Waals surface area contributed by atoms with Crippen molar-refractivity contribution in [3.8, 4) is 11.3 Å².